The monoisotopic (exact) mass is 264 g/mol. The lowest BCUT2D eigenvalue weighted by atomic mass is 9.79. The third-order valence-corrected chi connectivity index (χ3v) is 3.26. The van der Waals surface area contributed by atoms with E-state index in [2.05, 4.69) is 33.8 Å². The SMILES string of the molecule is CC.CCC(C)(C)c1c(C)cc(C)cc1OC(C)=O. The van der Waals surface area contributed by atoms with E-state index in [1.54, 1.807) is 0 Å². The summed E-state index contributed by atoms with van der Waals surface area (Å²) >= 11 is 0. The van der Waals surface area contributed by atoms with Crippen molar-refractivity contribution in [2.45, 2.75) is 67.2 Å². The third-order valence-electron chi connectivity index (χ3n) is 3.26. The molecule has 0 aliphatic carbocycles. The molecule has 0 unspecified atom stereocenters. The van der Waals surface area contributed by atoms with Crippen molar-refractivity contribution in [3.8, 4) is 5.75 Å². The van der Waals surface area contributed by atoms with Gasteiger partial charge in [-0.1, -0.05) is 40.7 Å². The topological polar surface area (TPSA) is 26.3 Å². The minimum atomic E-state index is -0.261. The van der Waals surface area contributed by atoms with Crippen LogP contribution in [-0.4, -0.2) is 5.97 Å². The fraction of sp³-hybridized carbons (Fsp3) is 0.588. The molecule has 0 fully saturated rings. The van der Waals surface area contributed by atoms with Crippen LogP contribution < -0.4 is 4.74 Å². The minimum absolute atomic E-state index is 0.0164. The minimum Gasteiger partial charge on any atom is -0.426 e. The Labute approximate surface area is 118 Å². The maximum Gasteiger partial charge on any atom is 0.308 e. The van der Waals surface area contributed by atoms with Gasteiger partial charge < -0.3 is 4.74 Å². The fourth-order valence-corrected chi connectivity index (χ4v) is 2.21. The summed E-state index contributed by atoms with van der Waals surface area (Å²) in [5.41, 5.74) is 3.46. The highest BCUT2D eigenvalue weighted by molar-refractivity contribution is 5.70. The molecule has 0 heterocycles. The number of hydrogen-bond donors (Lipinski definition) is 0. The van der Waals surface area contributed by atoms with Gasteiger partial charge in [0.25, 0.3) is 0 Å². The number of hydrogen-bond acceptors (Lipinski definition) is 2. The number of benzene rings is 1. The Morgan fingerprint density at radius 3 is 2.16 bits per heavy atom. The Bertz CT molecular complexity index is 431. The van der Waals surface area contributed by atoms with Crippen LogP contribution in [0.5, 0.6) is 5.75 Å². The molecule has 0 bridgehead atoms. The van der Waals surface area contributed by atoms with Gasteiger partial charge in [-0.3, -0.25) is 4.79 Å². The van der Waals surface area contributed by atoms with E-state index in [4.69, 9.17) is 4.74 Å². The van der Waals surface area contributed by atoms with Crippen molar-refractivity contribution >= 4 is 5.97 Å². The zero-order valence-corrected chi connectivity index (χ0v) is 13.7. The highest BCUT2D eigenvalue weighted by atomic mass is 16.5. The molecule has 0 saturated heterocycles. The van der Waals surface area contributed by atoms with Crippen molar-refractivity contribution < 1.29 is 9.53 Å². The van der Waals surface area contributed by atoms with Gasteiger partial charge in [-0.2, -0.15) is 0 Å². The van der Waals surface area contributed by atoms with Gasteiger partial charge in [-0.15, -0.1) is 0 Å². The van der Waals surface area contributed by atoms with Crippen LogP contribution in [0.3, 0.4) is 0 Å². The molecular formula is C17H28O2. The second-order valence-electron chi connectivity index (χ2n) is 5.29. The molecule has 0 aromatic heterocycles. The normalized spacial score (nSPS) is 10.5. The number of carbonyl (C=O) groups is 1. The van der Waals surface area contributed by atoms with E-state index < -0.39 is 0 Å². The molecule has 0 aliphatic heterocycles. The Morgan fingerprint density at radius 2 is 1.74 bits per heavy atom. The summed E-state index contributed by atoms with van der Waals surface area (Å²) in [6.45, 7) is 16.0. The average molecular weight is 264 g/mol. The summed E-state index contributed by atoms with van der Waals surface area (Å²) in [4.78, 5) is 11.2. The van der Waals surface area contributed by atoms with Crippen LogP contribution >= 0.6 is 0 Å². The van der Waals surface area contributed by atoms with Crippen LogP contribution in [0.25, 0.3) is 0 Å². The average Bonchev–Trinajstić information content (AvgIpc) is 2.29. The molecule has 2 heteroatoms. The number of carbonyl (C=O) groups excluding carboxylic acids is 1. The van der Waals surface area contributed by atoms with Gasteiger partial charge in [-0.25, -0.2) is 0 Å². The summed E-state index contributed by atoms with van der Waals surface area (Å²) in [7, 11) is 0. The first-order valence-corrected chi connectivity index (χ1v) is 7.08. The van der Waals surface area contributed by atoms with E-state index in [1.165, 1.54) is 12.5 Å². The van der Waals surface area contributed by atoms with Crippen LogP contribution in [0.2, 0.25) is 0 Å². The van der Waals surface area contributed by atoms with Crippen LogP contribution in [0.1, 0.15) is 64.7 Å². The number of rotatable bonds is 3. The lowest BCUT2D eigenvalue weighted by molar-refractivity contribution is -0.131. The summed E-state index contributed by atoms with van der Waals surface area (Å²) in [6, 6.07) is 4.08. The predicted octanol–water partition coefficient (Wildman–Crippen LogP) is 4.94. The van der Waals surface area contributed by atoms with E-state index in [9.17, 15) is 4.79 Å². The van der Waals surface area contributed by atoms with Gasteiger partial charge >= 0.3 is 5.97 Å². The molecule has 108 valence electrons. The van der Waals surface area contributed by atoms with Gasteiger partial charge in [0.15, 0.2) is 0 Å². The zero-order chi connectivity index (χ0) is 15.2. The molecule has 1 aromatic rings. The molecule has 0 spiro atoms. The van der Waals surface area contributed by atoms with E-state index in [1.807, 2.05) is 26.8 Å². The van der Waals surface area contributed by atoms with Gasteiger partial charge in [-0.05, 0) is 42.9 Å². The summed E-state index contributed by atoms with van der Waals surface area (Å²) in [5, 5.41) is 0. The number of ether oxygens (including phenoxy) is 1. The smallest absolute Gasteiger partial charge is 0.308 e. The second-order valence-corrected chi connectivity index (χ2v) is 5.29. The van der Waals surface area contributed by atoms with Crippen LogP contribution in [0.4, 0.5) is 0 Å². The van der Waals surface area contributed by atoms with Crippen LogP contribution in [-0.2, 0) is 10.2 Å². The van der Waals surface area contributed by atoms with Crippen molar-refractivity contribution in [1.29, 1.82) is 0 Å². The standard InChI is InChI=1S/C15H22O2.C2H6/c1-7-15(5,6)14-11(3)8-10(2)9-13(14)17-12(4)16;1-2/h8-9H,7H2,1-6H3;1-2H3. The zero-order valence-electron chi connectivity index (χ0n) is 13.7. The van der Waals surface area contributed by atoms with Gasteiger partial charge in [0.05, 0.1) is 0 Å². The molecule has 0 saturated carbocycles. The molecule has 0 aliphatic rings. The first-order valence-electron chi connectivity index (χ1n) is 7.08. The summed E-state index contributed by atoms with van der Waals surface area (Å²) in [6.07, 6.45) is 1.01. The Kier molecular flexibility index (Phi) is 6.82. The lowest BCUT2D eigenvalue weighted by Crippen LogP contribution is -2.20. The van der Waals surface area contributed by atoms with Crippen molar-refractivity contribution in [2.75, 3.05) is 0 Å². The van der Waals surface area contributed by atoms with Crippen LogP contribution in [0, 0.1) is 13.8 Å². The van der Waals surface area contributed by atoms with E-state index in [0.29, 0.717) is 5.75 Å². The predicted molar refractivity (Wildman–Crippen MR) is 81.9 cm³/mol. The molecule has 1 rings (SSSR count). The molecule has 0 N–H and O–H groups in total. The maximum absolute atomic E-state index is 11.2. The Hall–Kier alpha value is -1.31. The first-order chi connectivity index (χ1) is 8.77. The van der Waals surface area contributed by atoms with Crippen molar-refractivity contribution in [3.05, 3.63) is 28.8 Å². The van der Waals surface area contributed by atoms with Gasteiger partial charge in [0.2, 0.25) is 0 Å². The fourth-order valence-electron chi connectivity index (χ4n) is 2.21. The van der Waals surface area contributed by atoms with Gasteiger partial charge in [0.1, 0.15) is 5.75 Å². The van der Waals surface area contributed by atoms with E-state index in [-0.39, 0.29) is 11.4 Å². The molecule has 2 nitrogen and oxygen atoms in total. The second kappa shape index (κ2) is 7.32. The molecule has 19 heavy (non-hydrogen) atoms. The van der Waals surface area contributed by atoms with E-state index in [0.717, 1.165) is 17.5 Å². The quantitative estimate of drug-likeness (QED) is 0.571. The van der Waals surface area contributed by atoms with Crippen molar-refractivity contribution in [3.63, 3.8) is 0 Å². The van der Waals surface area contributed by atoms with Crippen LogP contribution in [0.15, 0.2) is 12.1 Å². The lowest BCUT2D eigenvalue weighted by Gasteiger charge is -2.28. The molecule has 1 aromatic carbocycles. The largest absolute Gasteiger partial charge is 0.426 e. The summed E-state index contributed by atoms with van der Waals surface area (Å²) < 4.78 is 5.36. The Morgan fingerprint density at radius 1 is 1.21 bits per heavy atom. The first kappa shape index (κ1) is 17.7. The van der Waals surface area contributed by atoms with E-state index >= 15 is 0 Å². The molecule has 0 radical (unpaired) electrons. The van der Waals surface area contributed by atoms with Gasteiger partial charge in [0, 0.05) is 12.5 Å². The third kappa shape index (κ3) is 4.70. The number of esters is 1. The molecule has 0 atom stereocenters. The highest BCUT2D eigenvalue weighted by Gasteiger charge is 2.25. The van der Waals surface area contributed by atoms with Crippen molar-refractivity contribution in [1.82, 2.24) is 0 Å². The summed E-state index contributed by atoms with van der Waals surface area (Å²) in [5.74, 6) is 0.449. The number of aryl methyl sites for hydroxylation is 2. The highest BCUT2D eigenvalue weighted by Crippen LogP contribution is 2.37. The van der Waals surface area contributed by atoms with Crippen molar-refractivity contribution in [2.24, 2.45) is 0 Å². The molecular weight excluding hydrogens is 236 g/mol. The Balaban J connectivity index is 0.00000154. The molecule has 0 amide bonds. The maximum atomic E-state index is 11.2.